The number of hydrogen-bond donors (Lipinski definition) is 1. The molecule has 1 fully saturated rings. The molecular weight excluding hydrogens is 181 g/mol. The second-order valence-corrected chi connectivity index (χ2v) is 5.12. The van der Waals surface area contributed by atoms with E-state index in [1.54, 1.807) is 0 Å². The molecule has 0 aromatic rings. The minimum absolute atomic E-state index is 0.267. The van der Waals surface area contributed by atoms with Gasteiger partial charge in [-0.3, -0.25) is 0 Å². The zero-order valence-electron chi connectivity index (χ0n) is 9.46. The van der Waals surface area contributed by atoms with Crippen LogP contribution in [0.25, 0.3) is 0 Å². The predicted molar refractivity (Wildman–Crippen MR) is 56.0 cm³/mol. The first kappa shape index (κ1) is 11.9. The summed E-state index contributed by atoms with van der Waals surface area (Å²) in [5, 5.41) is 9.40. The number of aliphatic hydroxyl groups is 1. The van der Waals surface area contributed by atoms with Crippen LogP contribution in [0.4, 0.5) is 4.39 Å². The van der Waals surface area contributed by atoms with Gasteiger partial charge in [-0.1, -0.05) is 20.8 Å². The normalized spacial score (nSPS) is 30.6. The number of halogens is 1. The summed E-state index contributed by atoms with van der Waals surface area (Å²) in [5.74, 6) is 0. The van der Waals surface area contributed by atoms with Crippen LogP contribution >= 0.6 is 0 Å². The van der Waals surface area contributed by atoms with Gasteiger partial charge in [0.2, 0.25) is 0 Å². The number of piperidine rings is 1. The molecular formula is C11H22FNO. The van der Waals surface area contributed by atoms with E-state index in [-0.39, 0.29) is 5.41 Å². The highest BCUT2D eigenvalue weighted by Gasteiger charge is 2.29. The van der Waals surface area contributed by atoms with Crippen molar-refractivity contribution in [2.75, 3.05) is 19.6 Å². The number of hydrogen-bond acceptors (Lipinski definition) is 2. The van der Waals surface area contributed by atoms with Crippen molar-refractivity contribution in [1.29, 1.82) is 0 Å². The first-order valence-electron chi connectivity index (χ1n) is 5.49. The van der Waals surface area contributed by atoms with Gasteiger partial charge in [0.1, 0.15) is 6.17 Å². The van der Waals surface area contributed by atoms with Crippen LogP contribution in [0.1, 0.15) is 33.6 Å². The van der Waals surface area contributed by atoms with Gasteiger partial charge in [0.05, 0.1) is 6.10 Å². The van der Waals surface area contributed by atoms with E-state index >= 15 is 0 Å². The Balaban J connectivity index is 2.40. The van der Waals surface area contributed by atoms with Crippen LogP contribution in [0.2, 0.25) is 0 Å². The standard InChI is InChI=1S/C11H22FNO/c1-4-11(2,3)8-13-6-5-9(12)10(14)7-13/h9-10,14H,4-8H2,1-3H3/t9-,10+/m0/s1. The molecule has 1 aliphatic rings. The van der Waals surface area contributed by atoms with E-state index in [1.807, 2.05) is 0 Å². The molecule has 1 saturated heterocycles. The smallest absolute Gasteiger partial charge is 0.128 e. The van der Waals surface area contributed by atoms with E-state index in [4.69, 9.17) is 0 Å². The number of nitrogens with zero attached hydrogens (tertiary/aromatic N) is 1. The van der Waals surface area contributed by atoms with Crippen molar-refractivity contribution >= 4 is 0 Å². The van der Waals surface area contributed by atoms with Crippen molar-refractivity contribution in [3.8, 4) is 0 Å². The summed E-state index contributed by atoms with van der Waals surface area (Å²) < 4.78 is 13.0. The number of rotatable bonds is 3. The van der Waals surface area contributed by atoms with Crippen molar-refractivity contribution in [3.63, 3.8) is 0 Å². The molecule has 0 spiro atoms. The Morgan fingerprint density at radius 1 is 1.50 bits per heavy atom. The Bertz CT molecular complexity index is 184. The molecule has 2 atom stereocenters. The van der Waals surface area contributed by atoms with Gasteiger partial charge in [-0.25, -0.2) is 4.39 Å². The summed E-state index contributed by atoms with van der Waals surface area (Å²) in [4.78, 5) is 2.17. The summed E-state index contributed by atoms with van der Waals surface area (Å²) in [6, 6.07) is 0. The molecule has 0 aromatic carbocycles. The molecule has 2 nitrogen and oxygen atoms in total. The van der Waals surface area contributed by atoms with E-state index in [2.05, 4.69) is 25.7 Å². The van der Waals surface area contributed by atoms with Crippen molar-refractivity contribution < 1.29 is 9.50 Å². The summed E-state index contributed by atoms with van der Waals surface area (Å²) >= 11 is 0. The lowest BCUT2D eigenvalue weighted by atomic mass is 9.89. The van der Waals surface area contributed by atoms with E-state index in [9.17, 15) is 9.50 Å². The fraction of sp³-hybridized carbons (Fsp3) is 1.00. The van der Waals surface area contributed by atoms with E-state index in [0.717, 1.165) is 19.5 Å². The van der Waals surface area contributed by atoms with Crippen molar-refractivity contribution in [1.82, 2.24) is 4.90 Å². The molecule has 0 radical (unpaired) electrons. The number of alkyl halides is 1. The van der Waals surface area contributed by atoms with Crippen LogP contribution in [0.15, 0.2) is 0 Å². The predicted octanol–water partition coefficient (Wildman–Crippen LogP) is 1.83. The second kappa shape index (κ2) is 4.58. The molecule has 1 heterocycles. The van der Waals surface area contributed by atoms with Crippen LogP contribution in [0, 0.1) is 5.41 Å². The zero-order valence-corrected chi connectivity index (χ0v) is 9.46. The van der Waals surface area contributed by atoms with Gasteiger partial charge in [0.15, 0.2) is 0 Å². The molecule has 14 heavy (non-hydrogen) atoms. The van der Waals surface area contributed by atoms with Crippen LogP contribution in [0.5, 0.6) is 0 Å². The zero-order chi connectivity index (χ0) is 10.8. The minimum Gasteiger partial charge on any atom is -0.389 e. The Hall–Kier alpha value is -0.150. The lowest BCUT2D eigenvalue weighted by molar-refractivity contribution is -0.00788. The maximum absolute atomic E-state index is 13.0. The van der Waals surface area contributed by atoms with Crippen molar-refractivity contribution in [3.05, 3.63) is 0 Å². The average molecular weight is 203 g/mol. The number of β-amino-alcohol motifs (C(OH)–C–C–N with tert-alkyl or cyclic N) is 1. The van der Waals surface area contributed by atoms with Crippen molar-refractivity contribution in [2.45, 2.75) is 45.9 Å². The van der Waals surface area contributed by atoms with E-state index in [1.165, 1.54) is 0 Å². The first-order valence-corrected chi connectivity index (χ1v) is 5.49. The molecule has 1 rings (SSSR count). The highest BCUT2D eigenvalue weighted by Crippen LogP contribution is 2.24. The van der Waals surface area contributed by atoms with Crippen LogP contribution < -0.4 is 0 Å². The molecule has 1 aliphatic heterocycles. The fourth-order valence-electron chi connectivity index (χ4n) is 1.83. The summed E-state index contributed by atoms with van der Waals surface area (Å²) in [6.07, 6.45) is -0.216. The highest BCUT2D eigenvalue weighted by molar-refractivity contribution is 4.82. The van der Waals surface area contributed by atoms with Crippen molar-refractivity contribution in [2.24, 2.45) is 5.41 Å². The highest BCUT2D eigenvalue weighted by atomic mass is 19.1. The molecule has 0 saturated carbocycles. The van der Waals surface area contributed by atoms with Gasteiger partial charge in [-0.15, -0.1) is 0 Å². The molecule has 0 unspecified atom stereocenters. The van der Waals surface area contributed by atoms with Crippen LogP contribution in [-0.2, 0) is 0 Å². The van der Waals surface area contributed by atoms with Gasteiger partial charge < -0.3 is 10.0 Å². The number of aliphatic hydroxyl groups excluding tert-OH is 1. The Morgan fingerprint density at radius 2 is 2.14 bits per heavy atom. The largest absolute Gasteiger partial charge is 0.389 e. The summed E-state index contributed by atoms with van der Waals surface area (Å²) in [6.45, 7) is 8.81. The minimum atomic E-state index is -1.02. The van der Waals surface area contributed by atoms with Gasteiger partial charge >= 0.3 is 0 Å². The monoisotopic (exact) mass is 203 g/mol. The first-order chi connectivity index (χ1) is 6.44. The topological polar surface area (TPSA) is 23.5 Å². The lowest BCUT2D eigenvalue weighted by Crippen LogP contribution is -2.47. The summed E-state index contributed by atoms with van der Waals surface area (Å²) in [7, 11) is 0. The lowest BCUT2D eigenvalue weighted by Gasteiger charge is -2.37. The maximum Gasteiger partial charge on any atom is 0.128 e. The van der Waals surface area contributed by atoms with Gasteiger partial charge in [0.25, 0.3) is 0 Å². The summed E-state index contributed by atoms with van der Waals surface area (Å²) in [5.41, 5.74) is 0.267. The molecule has 3 heteroatoms. The molecule has 0 bridgehead atoms. The third-order valence-electron chi connectivity index (χ3n) is 3.19. The van der Waals surface area contributed by atoms with Crippen LogP contribution in [0.3, 0.4) is 0 Å². The third-order valence-corrected chi connectivity index (χ3v) is 3.19. The second-order valence-electron chi connectivity index (χ2n) is 5.12. The Morgan fingerprint density at radius 3 is 2.64 bits per heavy atom. The van der Waals surface area contributed by atoms with Crippen LogP contribution in [-0.4, -0.2) is 41.9 Å². The molecule has 84 valence electrons. The Labute approximate surface area is 86.1 Å². The number of likely N-dealkylation sites (tertiary alicyclic amines) is 1. The molecule has 0 aromatic heterocycles. The van der Waals surface area contributed by atoms with Gasteiger partial charge in [0, 0.05) is 19.6 Å². The molecule has 0 amide bonds. The quantitative estimate of drug-likeness (QED) is 0.756. The van der Waals surface area contributed by atoms with E-state index in [0.29, 0.717) is 13.0 Å². The van der Waals surface area contributed by atoms with Gasteiger partial charge in [-0.05, 0) is 18.3 Å². The molecule has 1 N–H and O–H groups in total. The maximum atomic E-state index is 13.0. The van der Waals surface area contributed by atoms with Gasteiger partial charge in [-0.2, -0.15) is 0 Å². The Kier molecular flexibility index (Phi) is 3.90. The molecule has 0 aliphatic carbocycles. The SMILES string of the molecule is CCC(C)(C)CN1CC[C@H](F)[C@H](O)C1. The fourth-order valence-corrected chi connectivity index (χ4v) is 1.83. The van der Waals surface area contributed by atoms with E-state index < -0.39 is 12.3 Å². The average Bonchev–Trinajstić information content (AvgIpc) is 2.11. The third kappa shape index (κ3) is 3.21.